The van der Waals surface area contributed by atoms with Gasteiger partial charge in [-0.25, -0.2) is 9.59 Å². The summed E-state index contributed by atoms with van der Waals surface area (Å²) in [7, 11) is 2.63. The van der Waals surface area contributed by atoms with Crippen molar-refractivity contribution in [3.63, 3.8) is 0 Å². The van der Waals surface area contributed by atoms with Gasteiger partial charge < -0.3 is 14.8 Å². The zero-order chi connectivity index (χ0) is 22.6. The lowest BCUT2D eigenvalue weighted by Crippen LogP contribution is -2.37. The van der Waals surface area contributed by atoms with Crippen LogP contribution in [-0.2, 0) is 26.2 Å². The summed E-state index contributed by atoms with van der Waals surface area (Å²) in [5.74, 6) is -0.728. The lowest BCUT2D eigenvalue weighted by molar-refractivity contribution is -0.117. The molecule has 7 nitrogen and oxygen atoms in total. The van der Waals surface area contributed by atoms with Gasteiger partial charge in [0.25, 0.3) is 0 Å². The second kappa shape index (κ2) is 9.04. The number of esters is 1. The number of hydrogen-bond acceptors (Lipinski definition) is 5. The first-order chi connectivity index (χ1) is 14.8. The van der Waals surface area contributed by atoms with Crippen molar-refractivity contribution in [1.82, 2.24) is 5.32 Å². The van der Waals surface area contributed by atoms with Crippen molar-refractivity contribution in [2.24, 2.45) is 0 Å². The molecule has 0 radical (unpaired) electrons. The van der Waals surface area contributed by atoms with Gasteiger partial charge in [-0.05, 0) is 35.7 Å². The summed E-state index contributed by atoms with van der Waals surface area (Å²) in [4.78, 5) is 38.5. The van der Waals surface area contributed by atoms with E-state index in [-0.39, 0.29) is 5.91 Å². The minimum Gasteiger partial charge on any atom is -0.465 e. The van der Waals surface area contributed by atoms with E-state index >= 15 is 0 Å². The zero-order valence-corrected chi connectivity index (χ0v) is 17.9. The predicted molar refractivity (Wildman–Crippen MR) is 117 cm³/mol. The lowest BCUT2D eigenvalue weighted by atomic mass is 9.78. The van der Waals surface area contributed by atoms with E-state index in [0.717, 1.165) is 11.1 Å². The fraction of sp³-hybridized carbons (Fsp3) is 0.292. The Morgan fingerprint density at radius 3 is 2.45 bits per heavy atom. The van der Waals surface area contributed by atoms with Crippen molar-refractivity contribution in [3.05, 3.63) is 77.4 Å². The number of carbonyl (C=O) groups excluding carboxylic acids is 3. The van der Waals surface area contributed by atoms with Crippen LogP contribution in [0, 0.1) is 0 Å². The maximum absolute atomic E-state index is 12.7. The molecule has 2 aromatic rings. The van der Waals surface area contributed by atoms with E-state index in [1.54, 1.807) is 18.2 Å². The normalized spacial score (nSPS) is 16.9. The van der Waals surface area contributed by atoms with Crippen LogP contribution in [-0.4, -0.2) is 38.7 Å². The highest BCUT2D eigenvalue weighted by atomic mass is 16.5. The molecular formula is C24H26N2O5. The fourth-order valence-corrected chi connectivity index (χ4v) is 3.90. The third-order valence-electron chi connectivity index (χ3n) is 5.48. The summed E-state index contributed by atoms with van der Waals surface area (Å²) in [6.07, 6.45) is -0.200. The van der Waals surface area contributed by atoms with Crippen molar-refractivity contribution in [1.29, 1.82) is 0 Å². The number of benzene rings is 2. The molecule has 1 aliphatic heterocycles. The van der Waals surface area contributed by atoms with Gasteiger partial charge in [-0.15, -0.1) is 0 Å². The third-order valence-corrected chi connectivity index (χ3v) is 5.48. The smallest absolute Gasteiger partial charge is 0.414 e. The van der Waals surface area contributed by atoms with E-state index in [0.29, 0.717) is 36.3 Å². The van der Waals surface area contributed by atoms with Gasteiger partial charge in [0.1, 0.15) is 0 Å². The molecule has 1 N–H and O–H groups in total. The number of carbonyl (C=O) groups is 3. The predicted octanol–water partition coefficient (Wildman–Crippen LogP) is 3.58. The number of rotatable bonds is 6. The Kier molecular flexibility index (Phi) is 6.44. The maximum atomic E-state index is 12.7. The molecule has 31 heavy (non-hydrogen) atoms. The average Bonchev–Trinajstić information content (AvgIpc) is 3.08. The highest BCUT2D eigenvalue weighted by molar-refractivity contribution is 5.96. The number of ether oxygens (including phenoxy) is 2. The molecule has 1 atom stereocenters. The van der Waals surface area contributed by atoms with Gasteiger partial charge in [0.05, 0.1) is 25.5 Å². The van der Waals surface area contributed by atoms with Crippen LogP contribution < -0.4 is 10.2 Å². The highest BCUT2D eigenvalue weighted by Crippen LogP contribution is 2.45. The van der Waals surface area contributed by atoms with Crippen LogP contribution in [0.5, 0.6) is 0 Å². The molecule has 1 aliphatic rings. The number of anilines is 1. The van der Waals surface area contributed by atoms with Gasteiger partial charge in [0.2, 0.25) is 5.91 Å². The van der Waals surface area contributed by atoms with E-state index in [9.17, 15) is 14.4 Å². The molecule has 3 rings (SSSR count). The van der Waals surface area contributed by atoms with Gasteiger partial charge in [-0.1, -0.05) is 43.8 Å². The van der Waals surface area contributed by atoms with Gasteiger partial charge in [-0.3, -0.25) is 9.69 Å². The van der Waals surface area contributed by atoms with E-state index in [1.807, 2.05) is 37.3 Å². The van der Waals surface area contributed by atoms with Gasteiger partial charge in [0.15, 0.2) is 0 Å². The molecule has 1 unspecified atom stereocenters. The molecule has 0 bridgehead atoms. The van der Waals surface area contributed by atoms with Gasteiger partial charge in [0, 0.05) is 24.1 Å². The summed E-state index contributed by atoms with van der Waals surface area (Å²) in [5.41, 5.74) is 2.52. The highest BCUT2D eigenvalue weighted by Gasteiger charge is 2.43. The van der Waals surface area contributed by atoms with Crippen molar-refractivity contribution in [2.75, 3.05) is 25.7 Å². The molecule has 1 heterocycles. The largest absolute Gasteiger partial charge is 0.465 e. The summed E-state index contributed by atoms with van der Waals surface area (Å²) in [5, 5.41) is 2.88. The first-order valence-electron chi connectivity index (χ1n) is 9.87. The molecule has 2 aromatic carbocycles. The summed E-state index contributed by atoms with van der Waals surface area (Å²) in [6.45, 7) is 6.60. The molecule has 0 fully saturated rings. The second-order valence-electron chi connectivity index (χ2n) is 7.79. The molecule has 2 amide bonds. The zero-order valence-electron chi connectivity index (χ0n) is 17.9. The molecule has 0 aliphatic carbocycles. The van der Waals surface area contributed by atoms with Crippen LogP contribution in [0.1, 0.15) is 34.8 Å². The first-order valence-corrected chi connectivity index (χ1v) is 9.87. The average molecular weight is 422 g/mol. The van der Waals surface area contributed by atoms with E-state index in [2.05, 4.69) is 11.9 Å². The number of fused-ring (bicyclic) bond motifs is 1. The quantitative estimate of drug-likeness (QED) is 0.568. The fourth-order valence-electron chi connectivity index (χ4n) is 3.90. The van der Waals surface area contributed by atoms with Crippen LogP contribution in [0.2, 0.25) is 0 Å². The number of nitrogens with zero attached hydrogens (tertiary/aromatic N) is 1. The topological polar surface area (TPSA) is 84.9 Å². The molecule has 0 aromatic heterocycles. The summed E-state index contributed by atoms with van der Waals surface area (Å²) in [6, 6.07) is 14.6. The maximum Gasteiger partial charge on any atom is 0.414 e. The van der Waals surface area contributed by atoms with E-state index in [1.165, 1.54) is 19.1 Å². The van der Waals surface area contributed by atoms with Crippen LogP contribution in [0.4, 0.5) is 10.5 Å². The van der Waals surface area contributed by atoms with Crippen molar-refractivity contribution in [3.8, 4) is 0 Å². The van der Waals surface area contributed by atoms with Crippen LogP contribution in [0.15, 0.2) is 60.7 Å². The van der Waals surface area contributed by atoms with Crippen molar-refractivity contribution < 1.29 is 23.9 Å². The molecule has 0 saturated heterocycles. The Morgan fingerprint density at radius 2 is 1.81 bits per heavy atom. The molecule has 0 saturated carbocycles. The molecular weight excluding hydrogens is 396 g/mol. The van der Waals surface area contributed by atoms with Crippen LogP contribution >= 0.6 is 0 Å². The molecule has 162 valence electrons. The van der Waals surface area contributed by atoms with Crippen molar-refractivity contribution >= 4 is 23.7 Å². The number of methoxy groups -OCH3 is 2. The monoisotopic (exact) mass is 422 g/mol. The minimum atomic E-state index is -0.630. The van der Waals surface area contributed by atoms with Crippen LogP contribution in [0.25, 0.3) is 0 Å². The van der Waals surface area contributed by atoms with Gasteiger partial charge in [-0.2, -0.15) is 0 Å². The standard InChI is InChI=1S/C24H26N2O5/c1-16(21(27)25-14-17-8-6-5-7-9-17)13-24(2)15-26(23(29)31-4)20-11-10-18(12-19(20)24)22(28)30-3/h5-12H,1,13-15H2,2-4H3,(H,25,27). The summed E-state index contributed by atoms with van der Waals surface area (Å²) >= 11 is 0. The Bertz CT molecular complexity index is 1020. The Hall–Kier alpha value is -3.61. The lowest BCUT2D eigenvalue weighted by Gasteiger charge is -2.26. The Morgan fingerprint density at radius 1 is 1.10 bits per heavy atom. The summed E-state index contributed by atoms with van der Waals surface area (Å²) < 4.78 is 9.74. The van der Waals surface area contributed by atoms with E-state index in [4.69, 9.17) is 9.47 Å². The van der Waals surface area contributed by atoms with Crippen molar-refractivity contribution in [2.45, 2.75) is 25.3 Å². The van der Waals surface area contributed by atoms with E-state index < -0.39 is 17.5 Å². The Labute approximate surface area is 181 Å². The number of hydrogen-bond donors (Lipinski definition) is 1. The SMILES string of the molecule is C=C(CC1(C)CN(C(=O)OC)c2ccc(C(=O)OC)cc21)C(=O)NCc1ccccc1. The minimum absolute atomic E-state index is 0.257. The number of amides is 2. The Balaban J connectivity index is 1.82. The second-order valence-corrected chi connectivity index (χ2v) is 7.79. The molecule has 7 heteroatoms. The first kappa shape index (κ1) is 22.1. The number of nitrogens with one attached hydrogen (secondary N) is 1. The van der Waals surface area contributed by atoms with Gasteiger partial charge >= 0.3 is 12.1 Å². The van der Waals surface area contributed by atoms with Crippen LogP contribution in [0.3, 0.4) is 0 Å². The third kappa shape index (κ3) is 4.60. The molecule has 0 spiro atoms.